The van der Waals surface area contributed by atoms with Crippen LogP contribution in [0.3, 0.4) is 0 Å². The highest BCUT2D eigenvalue weighted by Gasteiger charge is 2.32. The van der Waals surface area contributed by atoms with E-state index in [4.69, 9.17) is 10.2 Å². The number of nitrogens with zero attached hydrogens (tertiary/aromatic N) is 3. The molecule has 0 saturated carbocycles. The number of non-ortho nitro benzene ring substituents is 1. The van der Waals surface area contributed by atoms with Crippen molar-refractivity contribution in [2.75, 3.05) is 6.54 Å². The maximum atomic E-state index is 13.7. The molecule has 1 unspecified atom stereocenters. The van der Waals surface area contributed by atoms with Crippen molar-refractivity contribution in [1.82, 2.24) is 15.6 Å². The molecule has 3 aromatic rings. The van der Waals surface area contributed by atoms with E-state index in [2.05, 4.69) is 20.6 Å². The van der Waals surface area contributed by atoms with Crippen molar-refractivity contribution in [1.29, 1.82) is 0 Å². The summed E-state index contributed by atoms with van der Waals surface area (Å²) < 4.78 is 19.5. The molecule has 0 fully saturated rings. The Morgan fingerprint density at radius 3 is 2.90 bits per heavy atom. The zero-order valence-corrected chi connectivity index (χ0v) is 16.1. The van der Waals surface area contributed by atoms with Gasteiger partial charge in [-0.1, -0.05) is 19.1 Å². The van der Waals surface area contributed by atoms with E-state index in [0.717, 1.165) is 6.42 Å². The second-order valence-electron chi connectivity index (χ2n) is 6.80. The number of allylic oxidation sites excluding steroid dienone is 1. The fourth-order valence-electron chi connectivity index (χ4n) is 3.09. The monoisotopic (exact) mass is 410 g/mol. The van der Waals surface area contributed by atoms with Crippen LogP contribution in [0.2, 0.25) is 0 Å². The van der Waals surface area contributed by atoms with Gasteiger partial charge in [-0.15, -0.1) is 0 Å². The predicted octanol–water partition coefficient (Wildman–Crippen LogP) is 2.99. The molecule has 1 aliphatic rings. The lowest BCUT2D eigenvalue weighted by molar-refractivity contribution is -0.384. The van der Waals surface area contributed by atoms with Crippen molar-refractivity contribution in [2.45, 2.75) is 19.1 Å². The van der Waals surface area contributed by atoms with E-state index in [1.807, 2.05) is 6.92 Å². The molecular formula is C20H19FN6O3. The molecule has 0 spiro atoms. The van der Waals surface area contributed by atoms with Crippen LogP contribution >= 0.6 is 0 Å². The van der Waals surface area contributed by atoms with Gasteiger partial charge in [-0.25, -0.2) is 14.4 Å². The Morgan fingerprint density at radius 1 is 1.33 bits per heavy atom. The topological polar surface area (TPSA) is 132 Å². The van der Waals surface area contributed by atoms with Crippen LogP contribution in [-0.2, 0) is 5.79 Å². The number of aliphatic imine (C=N–C) groups is 1. The van der Waals surface area contributed by atoms with E-state index in [1.54, 1.807) is 12.1 Å². The molecule has 1 atom stereocenters. The maximum absolute atomic E-state index is 13.7. The van der Waals surface area contributed by atoms with Crippen LogP contribution in [-0.4, -0.2) is 22.7 Å². The molecule has 9 nitrogen and oxygen atoms in total. The van der Waals surface area contributed by atoms with Crippen LogP contribution in [0.1, 0.15) is 24.8 Å². The normalized spacial score (nSPS) is 18.5. The molecule has 0 bridgehead atoms. The average molecular weight is 410 g/mol. The first-order valence-electron chi connectivity index (χ1n) is 9.31. The largest absolute Gasteiger partial charge is 0.436 e. The second kappa shape index (κ2) is 7.56. The van der Waals surface area contributed by atoms with Crippen molar-refractivity contribution in [3.05, 3.63) is 75.7 Å². The molecule has 30 heavy (non-hydrogen) atoms. The van der Waals surface area contributed by atoms with E-state index in [1.165, 1.54) is 36.5 Å². The van der Waals surface area contributed by atoms with Gasteiger partial charge in [0.2, 0.25) is 11.7 Å². The quantitative estimate of drug-likeness (QED) is 0.420. The molecule has 10 heteroatoms. The minimum absolute atomic E-state index is 0.0916. The number of fused-ring (bicyclic) bond motifs is 1. The number of halogens is 1. The molecule has 4 rings (SSSR count). The van der Waals surface area contributed by atoms with Gasteiger partial charge in [-0.05, 0) is 24.6 Å². The molecule has 0 aliphatic carbocycles. The first kappa shape index (κ1) is 19.5. The Bertz CT molecular complexity index is 1190. The standard InChI is InChI=1S/C20H19FN6O3/c1-2-8-23-18-15(11-24-20(22,26-18)12-4-3-5-13(21)9-12)19-25-16-7-6-14(27(28)29)10-17(16)30-19/h3-7,9-11,23,26H,2,8,22H2,1H3. The summed E-state index contributed by atoms with van der Waals surface area (Å²) in [5.41, 5.74) is 8.01. The highest BCUT2D eigenvalue weighted by molar-refractivity contribution is 6.10. The number of nitro benzene ring substituents is 1. The van der Waals surface area contributed by atoms with Crippen LogP contribution in [0.15, 0.2) is 57.7 Å². The third-order valence-corrected chi connectivity index (χ3v) is 4.61. The molecule has 0 amide bonds. The number of aromatic nitrogens is 1. The van der Waals surface area contributed by atoms with E-state index in [9.17, 15) is 14.5 Å². The van der Waals surface area contributed by atoms with Crippen molar-refractivity contribution in [2.24, 2.45) is 10.7 Å². The molecule has 4 N–H and O–H groups in total. The highest BCUT2D eigenvalue weighted by atomic mass is 19.1. The van der Waals surface area contributed by atoms with E-state index < -0.39 is 16.5 Å². The molecule has 2 heterocycles. The smallest absolute Gasteiger partial charge is 0.273 e. The summed E-state index contributed by atoms with van der Waals surface area (Å²) in [5, 5.41) is 17.3. The second-order valence-corrected chi connectivity index (χ2v) is 6.80. The third kappa shape index (κ3) is 3.60. The summed E-state index contributed by atoms with van der Waals surface area (Å²) in [4.78, 5) is 19.3. The molecule has 0 radical (unpaired) electrons. The Hall–Kier alpha value is -3.79. The molecule has 2 aromatic carbocycles. The van der Waals surface area contributed by atoms with Gasteiger partial charge in [-0.2, -0.15) is 0 Å². The fraction of sp³-hybridized carbons (Fsp3) is 0.200. The van der Waals surface area contributed by atoms with Gasteiger partial charge in [0.1, 0.15) is 17.2 Å². The van der Waals surface area contributed by atoms with Crippen molar-refractivity contribution < 1.29 is 13.7 Å². The summed E-state index contributed by atoms with van der Waals surface area (Å²) in [5.74, 6) is -1.07. The lowest BCUT2D eigenvalue weighted by Gasteiger charge is -2.33. The van der Waals surface area contributed by atoms with Crippen LogP contribution in [0.4, 0.5) is 10.1 Å². The number of oxazole rings is 1. The minimum Gasteiger partial charge on any atom is -0.436 e. The van der Waals surface area contributed by atoms with Gasteiger partial charge in [0, 0.05) is 24.4 Å². The van der Waals surface area contributed by atoms with Gasteiger partial charge < -0.3 is 15.1 Å². The number of nitrogens with one attached hydrogen (secondary N) is 2. The third-order valence-electron chi connectivity index (χ3n) is 4.61. The lowest BCUT2D eigenvalue weighted by atomic mass is 10.1. The zero-order chi connectivity index (χ0) is 21.3. The van der Waals surface area contributed by atoms with Crippen LogP contribution in [0.5, 0.6) is 0 Å². The van der Waals surface area contributed by atoms with Gasteiger partial charge in [-0.3, -0.25) is 15.8 Å². The Morgan fingerprint density at radius 2 is 2.17 bits per heavy atom. The summed E-state index contributed by atoms with van der Waals surface area (Å²) in [7, 11) is 0. The number of hydrogen-bond donors (Lipinski definition) is 3. The zero-order valence-electron chi connectivity index (χ0n) is 16.1. The molecular weight excluding hydrogens is 391 g/mol. The Kier molecular flexibility index (Phi) is 4.92. The maximum Gasteiger partial charge on any atom is 0.273 e. The molecule has 154 valence electrons. The van der Waals surface area contributed by atoms with E-state index in [-0.39, 0.29) is 17.2 Å². The summed E-state index contributed by atoms with van der Waals surface area (Å²) >= 11 is 0. The minimum atomic E-state index is -1.38. The highest BCUT2D eigenvalue weighted by Crippen LogP contribution is 2.29. The molecule has 1 aromatic heterocycles. The number of nitrogens with two attached hydrogens (primary N) is 1. The number of nitro groups is 1. The van der Waals surface area contributed by atoms with Crippen LogP contribution < -0.4 is 16.4 Å². The number of rotatable bonds is 6. The van der Waals surface area contributed by atoms with Gasteiger partial charge >= 0.3 is 0 Å². The van der Waals surface area contributed by atoms with Crippen molar-refractivity contribution in [3.8, 4) is 0 Å². The number of hydrogen-bond acceptors (Lipinski definition) is 8. The van der Waals surface area contributed by atoms with Gasteiger partial charge in [0.15, 0.2) is 5.58 Å². The van der Waals surface area contributed by atoms with Crippen molar-refractivity contribution in [3.63, 3.8) is 0 Å². The Balaban J connectivity index is 1.75. The Labute approximate surface area is 170 Å². The van der Waals surface area contributed by atoms with Gasteiger partial charge in [0.25, 0.3) is 5.69 Å². The molecule has 1 aliphatic heterocycles. The summed E-state index contributed by atoms with van der Waals surface area (Å²) in [6, 6.07) is 10.1. The van der Waals surface area contributed by atoms with E-state index in [0.29, 0.717) is 29.0 Å². The van der Waals surface area contributed by atoms with Crippen molar-refractivity contribution >= 4 is 28.6 Å². The fourth-order valence-corrected chi connectivity index (χ4v) is 3.09. The van der Waals surface area contributed by atoms with E-state index >= 15 is 0 Å². The predicted molar refractivity (Wildman–Crippen MR) is 110 cm³/mol. The number of benzene rings is 2. The lowest BCUT2D eigenvalue weighted by Crippen LogP contribution is -2.53. The summed E-state index contributed by atoms with van der Waals surface area (Å²) in [6.45, 7) is 2.63. The van der Waals surface area contributed by atoms with Crippen LogP contribution in [0, 0.1) is 15.9 Å². The average Bonchev–Trinajstić information content (AvgIpc) is 3.15. The van der Waals surface area contributed by atoms with Gasteiger partial charge in [0.05, 0.1) is 16.6 Å². The van der Waals surface area contributed by atoms with Crippen LogP contribution in [0.25, 0.3) is 16.7 Å². The SMILES string of the molecule is CCCNC1=C(c2nc3ccc([N+](=O)[O-])cc3o2)C=NC(N)(c2cccc(F)c2)N1. The molecule has 0 saturated heterocycles. The first-order chi connectivity index (χ1) is 14.4. The summed E-state index contributed by atoms with van der Waals surface area (Å²) in [6.07, 6.45) is 2.34. The first-order valence-corrected chi connectivity index (χ1v) is 9.31.